The molecule has 0 saturated heterocycles. The first-order chi connectivity index (χ1) is 11.1. The van der Waals surface area contributed by atoms with Crippen molar-refractivity contribution < 1.29 is 8.83 Å². The van der Waals surface area contributed by atoms with Gasteiger partial charge in [0.1, 0.15) is 16.7 Å². The van der Waals surface area contributed by atoms with E-state index in [-0.39, 0.29) is 5.63 Å². The van der Waals surface area contributed by atoms with Crippen LogP contribution in [0.1, 0.15) is 37.9 Å². The van der Waals surface area contributed by atoms with Crippen molar-refractivity contribution in [3.8, 4) is 0 Å². The predicted molar refractivity (Wildman–Crippen MR) is 95.2 cm³/mol. The van der Waals surface area contributed by atoms with Gasteiger partial charge >= 0.3 is 5.63 Å². The molecule has 0 spiro atoms. The summed E-state index contributed by atoms with van der Waals surface area (Å²) in [4.78, 5) is 12.3. The lowest BCUT2D eigenvalue weighted by atomic mass is 9.95. The minimum absolute atomic E-state index is 0.340. The first-order valence-electron chi connectivity index (χ1n) is 8.05. The number of furan rings is 1. The number of fused-ring (bicyclic) bond motifs is 3. The van der Waals surface area contributed by atoms with Gasteiger partial charge in [0.2, 0.25) is 5.88 Å². The van der Waals surface area contributed by atoms with E-state index in [2.05, 4.69) is 21.2 Å². The summed E-state index contributed by atoms with van der Waals surface area (Å²) in [5.74, 6) is 1.30. The van der Waals surface area contributed by atoms with E-state index in [1.807, 2.05) is 25.1 Å². The third-order valence-electron chi connectivity index (χ3n) is 4.64. The molecule has 0 radical (unpaired) electrons. The topological polar surface area (TPSA) is 55.4 Å². The van der Waals surface area contributed by atoms with Crippen molar-refractivity contribution in [3.63, 3.8) is 0 Å². The van der Waals surface area contributed by atoms with E-state index in [1.165, 1.54) is 19.3 Å². The molecular formula is C18H18BrNO3. The molecule has 1 aromatic carbocycles. The Morgan fingerprint density at radius 3 is 2.70 bits per heavy atom. The van der Waals surface area contributed by atoms with Gasteiger partial charge < -0.3 is 14.2 Å². The van der Waals surface area contributed by atoms with Crippen LogP contribution in [0.2, 0.25) is 0 Å². The number of anilines is 1. The molecule has 1 saturated carbocycles. The summed E-state index contributed by atoms with van der Waals surface area (Å²) in [6, 6.07) is 6.07. The Hall–Kier alpha value is -1.75. The minimum atomic E-state index is -0.340. The van der Waals surface area contributed by atoms with Crippen molar-refractivity contribution in [1.29, 1.82) is 0 Å². The Kier molecular flexibility index (Phi) is 3.68. The van der Waals surface area contributed by atoms with Crippen LogP contribution in [0.3, 0.4) is 0 Å². The maximum absolute atomic E-state index is 12.3. The van der Waals surface area contributed by atoms with Crippen molar-refractivity contribution in [2.24, 2.45) is 0 Å². The molecule has 0 unspecified atom stereocenters. The third kappa shape index (κ3) is 2.57. The van der Waals surface area contributed by atoms with E-state index >= 15 is 0 Å². The van der Waals surface area contributed by atoms with Gasteiger partial charge in [-0.15, -0.1) is 0 Å². The Morgan fingerprint density at radius 2 is 1.91 bits per heavy atom. The molecule has 2 aromatic heterocycles. The summed E-state index contributed by atoms with van der Waals surface area (Å²) in [6.45, 7) is 1.81. The van der Waals surface area contributed by atoms with Crippen molar-refractivity contribution >= 4 is 43.6 Å². The molecule has 0 bridgehead atoms. The highest BCUT2D eigenvalue weighted by Gasteiger charge is 2.22. The maximum Gasteiger partial charge on any atom is 0.347 e. The van der Waals surface area contributed by atoms with Crippen molar-refractivity contribution in [2.45, 2.75) is 45.1 Å². The second-order valence-corrected chi connectivity index (χ2v) is 7.16. The van der Waals surface area contributed by atoms with Gasteiger partial charge in [-0.25, -0.2) is 4.79 Å². The number of aryl methyl sites for hydroxylation is 1. The summed E-state index contributed by atoms with van der Waals surface area (Å²) >= 11 is 3.50. The molecule has 4 rings (SSSR count). The second kappa shape index (κ2) is 5.71. The van der Waals surface area contributed by atoms with Gasteiger partial charge in [-0.05, 0) is 38.0 Å². The summed E-state index contributed by atoms with van der Waals surface area (Å²) in [5.41, 5.74) is 0.242. The molecule has 0 aliphatic heterocycles. The fraction of sp³-hybridized carbons (Fsp3) is 0.389. The van der Waals surface area contributed by atoms with Gasteiger partial charge in [-0.2, -0.15) is 0 Å². The summed E-state index contributed by atoms with van der Waals surface area (Å²) in [5, 5.41) is 5.78. The first-order valence-corrected chi connectivity index (χ1v) is 8.85. The third-order valence-corrected chi connectivity index (χ3v) is 5.14. The van der Waals surface area contributed by atoms with Crippen LogP contribution in [-0.4, -0.2) is 6.04 Å². The molecular weight excluding hydrogens is 358 g/mol. The Morgan fingerprint density at radius 1 is 1.13 bits per heavy atom. The average Bonchev–Trinajstić information content (AvgIpc) is 2.86. The monoisotopic (exact) mass is 375 g/mol. The van der Waals surface area contributed by atoms with Crippen LogP contribution in [0, 0.1) is 6.92 Å². The molecule has 1 aliphatic rings. The van der Waals surface area contributed by atoms with E-state index in [4.69, 9.17) is 8.83 Å². The Labute approximate surface area is 142 Å². The average molecular weight is 376 g/mol. The van der Waals surface area contributed by atoms with Crippen LogP contribution in [0.25, 0.3) is 21.7 Å². The number of hydrogen-bond donors (Lipinski definition) is 1. The lowest BCUT2D eigenvalue weighted by Crippen LogP contribution is -2.22. The normalized spacial score (nSPS) is 16.3. The molecule has 4 nitrogen and oxygen atoms in total. The van der Waals surface area contributed by atoms with Gasteiger partial charge in [-0.3, -0.25) is 0 Å². The summed E-state index contributed by atoms with van der Waals surface area (Å²) in [6.07, 6.45) is 6.07. The van der Waals surface area contributed by atoms with E-state index < -0.39 is 0 Å². The van der Waals surface area contributed by atoms with Crippen LogP contribution in [0.5, 0.6) is 0 Å². The Balaban J connectivity index is 1.94. The van der Waals surface area contributed by atoms with Crippen LogP contribution < -0.4 is 10.9 Å². The van der Waals surface area contributed by atoms with E-state index in [9.17, 15) is 4.79 Å². The fourth-order valence-electron chi connectivity index (χ4n) is 3.52. The number of hydrogen-bond acceptors (Lipinski definition) is 4. The zero-order valence-corrected chi connectivity index (χ0v) is 14.5. The van der Waals surface area contributed by atoms with Crippen LogP contribution in [0.4, 0.5) is 5.88 Å². The molecule has 5 heteroatoms. The smallest absolute Gasteiger partial charge is 0.347 e. The molecule has 3 aromatic rings. The number of halogens is 1. The molecule has 1 N–H and O–H groups in total. The van der Waals surface area contributed by atoms with Crippen LogP contribution >= 0.6 is 15.9 Å². The van der Waals surface area contributed by atoms with Gasteiger partial charge in [0.05, 0.1) is 5.39 Å². The number of rotatable bonds is 2. The van der Waals surface area contributed by atoms with Crippen molar-refractivity contribution in [2.75, 3.05) is 5.32 Å². The van der Waals surface area contributed by atoms with Gasteiger partial charge in [-0.1, -0.05) is 35.2 Å². The maximum atomic E-state index is 12.3. The quantitative estimate of drug-likeness (QED) is 0.612. The molecule has 2 heterocycles. The van der Waals surface area contributed by atoms with Gasteiger partial charge in [0.15, 0.2) is 0 Å². The van der Waals surface area contributed by atoms with Gasteiger partial charge in [0.25, 0.3) is 0 Å². The number of nitrogens with one attached hydrogen (secondary N) is 1. The number of benzene rings is 1. The highest BCUT2D eigenvalue weighted by atomic mass is 79.9. The minimum Gasteiger partial charge on any atom is -0.444 e. The molecule has 0 atom stereocenters. The van der Waals surface area contributed by atoms with E-state index in [0.29, 0.717) is 28.7 Å². The van der Waals surface area contributed by atoms with Gasteiger partial charge in [0, 0.05) is 15.9 Å². The van der Waals surface area contributed by atoms with Crippen molar-refractivity contribution in [1.82, 2.24) is 0 Å². The molecule has 1 aliphatic carbocycles. The van der Waals surface area contributed by atoms with E-state index in [0.717, 1.165) is 28.1 Å². The summed E-state index contributed by atoms with van der Waals surface area (Å²) in [7, 11) is 0. The van der Waals surface area contributed by atoms with Crippen LogP contribution in [0.15, 0.2) is 36.3 Å². The second-order valence-electron chi connectivity index (χ2n) is 6.25. The zero-order valence-electron chi connectivity index (χ0n) is 12.9. The molecule has 0 amide bonds. The van der Waals surface area contributed by atoms with E-state index in [1.54, 1.807) is 0 Å². The standard InChI is InChI=1S/C18H18BrNO3/c1-10-15-16(17(22-10)20-12-5-3-2-4-6-12)13-9-11(19)7-8-14(13)23-18(15)21/h7-9,12,20H,2-6H2,1H3. The largest absolute Gasteiger partial charge is 0.444 e. The highest BCUT2D eigenvalue weighted by Crippen LogP contribution is 2.36. The highest BCUT2D eigenvalue weighted by molar-refractivity contribution is 9.10. The zero-order chi connectivity index (χ0) is 16.0. The van der Waals surface area contributed by atoms with Crippen LogP contribution in [-0.2, 0) is 0 Å². The SMILES string of the molecule is Cc1oc(NC2CCCCC2)c2c1c(=O)oc1ccc(Br)cc12. The molecule has 1 fully saturated rings. The lowest BCUT2D eigenvalue weighted by molar-refractivity contribution is 0.448. The summed E-state index contributed by atoms with van der Waals surface area (Å²) < 4.78 is 12.3. The molecule has 120 valence electrons. The fourth-order valence-corrected chi connectivity index (χ4v) is 3.88. The first kappa shape index (κ1) is 14.8. The molecule has 23 heavy (non-hydrogen) atoms. The Bertz CT molecular complexity index is 935. The predicted octanol–water partition coefficient (Wildman–Crippen LogP) is 5.35. The van der Waals surface area contributed by atoms with Crippen molar-refractivity contribution in [3.05, 3.63) is 38.9 Å². The lowest BCUT2D eigenvalue weighted by Gasteiger charge is -2.22.